The molecule has 2 aliphatic heterocycles. The minimum atomic E-state index is -1.04. The highest BCUT2D eigenvalue weighted by atomic mass is 16.6. The lowest BCUT2D eigenvalue weighted by Crippen LogP contribution is -2.33. The van der Waals surface area contributed by atoms with Crippen molar-refractivity contribution < 1.29 is 14.3 Å². The molecule has 0 saturated heterocycles. The third kappa shape index (κ3) is 3.26. The number of carbonyl (C=O) groups excluding carboxylic acids is 1. The number of nitrogens with zero attached hydrogens (tertiary/aromatic N) is 1. The van der Waals surface area contributed by atoms with E-state index < -0.39 is 5.60 Å². The number of esters is 1. The van der Waals surface area contributed by atoms with Gasteiger partial charge in [0.05, 0.1) is 5.56 Å². The SMILES string of the molecule is CCC(C)Nc1ccc2c(c1)C1(OC(=O)c3ccccc31)c1ccc(N(CC)CC)cc1O2. The molecular formula is C28H30N2O3. The molecule has 0 aliphatic carbocycles. The topological polar surface area (TPSA) is 50.8 Å². The van der Waals surface area contributed by atoms with Crippen molar-refractivity contribution >= 4 is 17.3 Å². The summed E-state index contributed by atoms with van der Waals surface area (Å²) in [6.45, 7) is 10.4. The summed E-state index contributed by atoms with van der Waals surface area (Å²) < 4.78 is 12.7. The fourth-order valence-electron chi connectivity index (χ4n) is 4.92. The quantitative estimate of drug-likeness (QED) is 0.453. The van der Waals surface area contributed by atoms with E-state index in [9.17, 15) is 4.79 Å². The zero-order valence-electron chi connectivity index (χ0n) is 19.6. The second-order valence-corrected chi connectivity index (χ2v) is 8.74. The van der Waals surface area contributed by atoms with Crippen LogP contribution in [0.3, 0.4) is 0 Å². The van der Waals surface area contributed by atoms with Gasteiger partial charge in [0.2, 0.25) is 0 Å². The molecule has 2 unspecified atom stereocenters. The standard InChI is InChI=1S/C28H30N2O3/c1-5-18(4)29-19-12-15-25-24(16-19)28(22-11-9-8-10-21(22)27(31)33-28)23-14-13-20(17-26(23)32-25)30(6-2)7-3/h8-18,29H,5-7H2,1-4H3. The number of carbonyl (C=O) groups is 1. The van der Waals surface area contributed by atoms with Crippen LogP contribution in [0.4, 0.5) is 11.4 Å². The summed E-state index contributed by atoms with van der Waals surface area (Å²) in [7, 11) is 0. The number of ether oxygens (including phenoxy) is 2. The number of rotatable bonds is 6. The Hall–Kier alpha value is -3.47. The normalized spacial score (nSPS) is 18.6. The van der Waals surface area contributed by atoms with Crippen molar-refractivity contribution in [3.05, 3.63) is 82.9 Å². The van der Waals surface area contributed by atoms with Crippen LogP contribution in [0.5, 0.6) is 11.5 Å². The molecule has 2 atom stereocenters. The highest BCUT2D eigenvalue weighted by Crippen LogP contribution is 2.57. The van der Waals surface area contributed by atoms with E-state index in [1.165, 1.54) is 0 Å². The van der Waals surface area contributed by atoms with E-state index in [1.807, 2.05) is 36.4 Å². The van der Waals surface area contributed by atoms with Crippen molar-refractivity contribution in [3.8, 4) is 11.5 Å². The molecule has 2 aliphatic rings. The Bertz CT molecular complexity index is 1220. The molecule has 5 rings (SSSR count). The van der Waals surface area contributed by atoms with Crippen LogP contribution >= 0.6 is 0 Å². The summed E-state index contributed by atoms with van der Waals surface area (Å²) in [6.07, 6.45) is 1.01. The van der Waals surface area contributed by atoms with Gasteiger partial charge in [0.1, 0.15) is 11.5 Å². The second-order valence-electron chi connectivity index (χ2n) is 8.74. The van der Waals surface area contributed by atoms with Gasteiger partial charge in [-0.1, -0.05) is 25.1 Å². The molecule has 3 aromatic rings. The Balaban J connectivity index is 1.74. The molecule has 0 fully saturated rings. The van der Waals surface area contributed by atoms with Gasteiger partial charge in [-0.25, -0.2) is 4.79 Å². The third-order valence-electron chi connectivity index (χ3n) is 6.85. The van der Waals surface area contributed by atoms with Gasteiger partial charge < -0.3 is 19.7 Å². The Morgan fingerprint density at radius 2 is 1.70 bits per heavy atom. The van der Waals surface area contributed by atoms with Gasteiger partial charge in [0.15, 0.2) is 5.60 Å². The summed E-state index contributed by atoms with van der Waals surface area (Å²) in [5.41, 5.74) is 4.19. The Kier molecular flexibility index (Phi) is 5.28. The molecule has 0 amide bonds. The summed E-state index contributed by atoms with van der Waals surface area (Å²) in [5.74, 6) is 1.12. The predicted molar refractivity (Wildman–Crippen MR) is 132 cm³/mol. The Morgan fingerprint density at radius 3 is 2.45 bits per heavy atom. The van der Waals surface area contributed by atoms with Crippen molar-refractivity contribution in [3.63, 3.8) is 0 Å². The Morgan fingerprint density at radius 1 is 0.909 bits per heavy atom. The smallest absolute Gasteiger partial charge is 0.340 e. The van der Waals surface area contributed by atoms with Gasteiger partial charge in [-0.15, -0.1) is 0 Å². The van der Waals surface area contributed by atoms with Gasteiger partial charge in [0.25, 0.3) is 0 Å². The molecule has 2 heterocycles. The molecule has 3 aromatic carbocycles. The van der Waals surface area contributed by atoms with E-state index in [0.717, 1.165) is 53.3 Å². The lowest BCUT2D eigenvalue weighted by Gasteiger charge is -2.37. The lowest BCUT2D eigenvalue weighted by molar-refractivity contribution is 0.0224. The van der Waals surface area contributed by atoms with E-state index >= 15 is 0 Å². The zero-order valence-corrected chi connectivity index (χ0v) is 19.6. The van der Waals surface area contributed by atoms with Crippen LogP contribution in [0.1, 0.15) is 61.2 Å². The van der Waals surface area contributed by atoms with Crippen LogP contribution in [0, 0.1) is 0 Å². The Labute approximate surface area is 195 Å². The minimum Gasteiger partial charge on any atom is -0.456 e. The minimum absolute atomic E-state index is 0.308. The maximum absolute atomic E-state index is 13.0. The van der Waals surface area contributed by atoms with Crippen LogP contribution < -0.4 is 15.0 Å². The molecule has 1 N–H and O–H groups in total. The molecule has 0 aromatic heterocycles. The van der Waals surface area contributed by atoms with Gasteiger partial charge in [-0.05, 0) is 63.6 Å². The predicted octanol–water partition coefficient (Wildman–Crippen LogP) is 6.31. The van der Waals surface area contributed by atoms with Crippen molar-refractivity contribution in [2.24, 2.45) is 0 Å². The average molecular weight is 443 g/mol. The number of benzene rings is 3. The molecule has 0 bridgehead atoms. The molecule has 33 heavy (non-hydrogen) atoms. The van der Waals surface area contributed by atoms with E-state index in [0.29, 0.717) is 17.4 Å². The van der Waals surface area contributed by atoms with Crippen LogP contribution in [-0.4, -0.2) is 25.1 Å². The first-order chi connectivity index (χ1) is 16.0. The molecule has 170 valence electrons. The van der Waals surface area contributed by atoms with E-state index in [4.69, 9.17) is 9.47 Å². The van der Waals surface area contributed by atoms with Crippen molar-refractivity contribution in [1.82, 2.24) is 0 Å². The summed E-state index contributed by atoms with van der Waals surface area (Å²) >= 11 is 0. The van der Waals surface area contributed by atoms with E-state index in [2.05, 4.69) is 62.2 Å². The number of anilines is 2. The van der Waals surface area contributed by atoms with Crippen molar-refractivity contribution in [2.75, 3.05) is 23.3 Å². The summed E-state index contributed by atoms with van der Waals surface area (Å²) in [6, 6.07) is 20.3. The first kappa shape index (κ1) is 21.4. The molecular weight excluding hydrogens is 412 g/mol. The lowest BCUT2D eigenvalue weighted by atomic mass is 9.77. The summed E-state index contributed by atoms with van der Waals surface area (Å²) in [5, 5.41) is 3.54. The van der Waals surface area contributed by atoms with E-state index in [1.54, 1.807) is 0 Å². The maximum Gasteiger partial charge on any atom is 0.340 e. The number of hydrogen-bond acceptors (Lipinski definition) is 5. The monoisotopic (exact) mass is 442 g/mol. The van der Waals surface area contributed by atoms with Crippen LogP contribution in [0.25, 0.3) is 0 Å². The number of hydrogen-bond donors (Lipinski definition) is 1. The maximum atomic E-state index is 13.0. The molecule has 0 saturated carbocycles. The first-order valence-corrected chi connectivity index (χ1v) is 11.8. The summed E-state index contributed by atoms with van der Waals surface area (Å²) in [4.78, 5) is 15.3. The third-order valence-corrected chi connectivity index (χ3v) is 6.85. The molecule has 0 radical (unpaired) electrons. The fraction of sp³-hybridized carbons (Fsp3) is 0.321. The van der Waals surface area contributed by atoms with Gasteiger partial charge in [-0.3, -0.25) is 0 Å². The average Bonchev–Trinajstić information content (AvgIpc) is 3.13. The second kappa shape index (κ2) is 8.14. The number of fused-ring (bicyclic) bond motifs is 6. The van der Waals surface area contributed by atoms with Crippen molar-refractivity contribution in [2.45, 2.75) is 45.8 Å². The first-order valence-electron chi connectivity index (χ1n) is 11.8. The molecule has 5 heteroatoms. The highest BCUT2D eigenvalue weighted by molar-refractivity contribution is 5.97. The van der Waals surface area contributed by atoms with Crippen molar-refractivity contribution in [1.29, 1.82) is 0 Å². The van der Waals surface area contributed by atoms with Crippen LogP contribution in [0.2, 0.25) is 0 Å². The highest BCUT2D eigenvalue weighted by Gasteiger charge is 2.53. The largest absolute Gasteiger partial charge is 0.456 e. The van der Waals surface area contributed by atoms with E-state index in [-0.39, 0.29) is 5.97 Å². The van der Waals surface area contributed by atoms with Gasteiger partial charge >= 0.3 is 5.97 Å². The fourth-order valence-corrected chi connectivity index (χ4v) is 4.92. The van der Waals surface area contributed by atoms with Gasteiger partial charge in [-0.2, -0.15) is 0 Å². The molecule has 1 spiro atoms. The zero-order chi connectivity index (χ0) is 23.2. The van der Waals surface area contributed by atoms with Gasteiger partial charge in [0, 0.05) is 53.3 Å². The van der Waals surface area contributed by atoms with Crippen LogP contribution in [-0.2, 0) is 10.3 Å². The van der Waals surface area contributed by atoms with Crippen LogP contribution in [0.15, 0.2) is 60.7 Å². The number of nitrogens with one attached hydrogen (secondary N) is 1. The molecule has 5 nitrogen and oxygen atoms in total.